The monoisotopic (exact) mass is 240 g/mol. The molecule has 17 heavy (non-hydrogen) atoms. The van der Waals surface area contributed by atoms with E-state index in [-0.39, 0.29) is 5.82 Å². The second-order valence-electron chi connectivity index (χ2n) is 4.08. The quantitative estimate of drug-likeness (QED) is 0.569. The molecule has 0 aliphatic carbocycles. The van der Waals surface area contributed by atoms with E-state index >= 15 is 0 Å². The number of benzene rings is 1. The summed E-state index contributed by atoms with van der Waals surface area (Å²) in [6, 6.07) is 3.06. The highest BCUT2D eigenvalue weighted by molar-refractivity contribution is 5.67. The number of halogens is 1. The van der Waals surface area contributed by atoms with E-state index in [1.165, 1.54) is 6.07 Å². The minimum Gasteiger partial charge on any atom is -0.397 e. The first-order valence-corrected chi connectivity index (χ1v) is 6.02. The van der Waals surface area contributed by atoms with Crippen molar-refractivity contribution in [3.05, 3.63) is 23.5 Å². The Morgan fingerprint density at radius 3 is 2.82 bits per heavy atom. The molecule has 3 nitrogen and oxygen atoms in total. The number of nitrogens with one attached hydrogen (secondary N) is 1. The summed E-state index contributed by atoms with van der Waals surface area (Å²) in [7, 11) is 0. The van der Waals surface area contributed by atoms with Crippen LogP contribution >= 0.6 is 0 Å². The number of nitrogens with two attached hydrogens (primary N) is 1. The lowest BCUT2D eigenvalue weighted by molar-refractivity contribution is 0.141. The van der Waals surface area contributed by atoms with Gasteiger partial charge in [0.15, 0.2) is 0 Å². The Hall–Kier alpha value is -1.29. The van der Waals surface area contributed by atoms with Crippen LogP contribution < -0.4 is 11.1 Å². The van der Waals surface area contributed by atoms with Crippen molar-refractivity contribution >= 4 is 11.4 Å². The molecule has 1 aromatic carbocycles. The normalized spacial score (nSPS) is 10.5. The Labute approximate surface area is 102 Å². The number of nitrogen functional groups attached to an aromatic ring is 1. The van der Waals surface area contributed by atoms with Gasteiger partial charge >= 0.3 is 0 Å². The van der Waals surface area contributed by atoms with Crippen molar-refractivity contribution in [3.63, 3.8) is 0 Å². The fraction of sp³-hybridized carbons (Fsp3) is 0.538. The lowest BCUT2D eigenvalue weighted by Gasteiger charge is -2.11. The van der Waals surface area contributed by atoms with Crippen LogP contribution in [0.15, 0.2) is 12.1 Å². The molecule has 3 N–H and O–H groups in total. The van der Waals surface area contributed by atoms with Gasteiger partial charge in [-0.15, -0.1) is 0 Å². The fourth-order valence-electron chi connectivity index (χ4n) is 1.46. The van der Waals surface area contributed by atoms with Crippen LogP contribution in [0.25, 0.3) is 0 Å². The van der Waals surface area contributed by atoms with E-state index in [4.69, 9.17) is 10.5 Å². The molecule has 0 unspecified atom stereocenters. The standard InChI is InChI=1S/C13H21FN2O/c1-3-4-6-17-7-5-16-13-8-10(2)11(14)9-12(13)15/h8-9,16H,3-7,15H2,1-2H3. The molecule has 0 amide bonds. The first-order chi connectivity index (χ1) is 8.15. The molecule has 0 spiro atoms. The molecule has 0 heterocycles. The maximum Gasteiger partial charge on any atom is 0.128 e. The van der Waals surface area contributed by atoms with Crippen LogP contribution in [0, 0.1) is 12.7 Å². The molecular weight excluding hydrogens is 219 g/mol. The molecule has 0 atom stereocenters. The molecule has 0 aliphatic rings. The number of hydrogen-bond acceptors (Lipinski definition) is 3. The second-order valence-corrected chi connectivity index (χ2v) is 4.08. The second kappa shape index (κ2) is 7.12. The fourth-order valence-corrected chi connectivity index (χ4v) is 1.46. The van der Waals surface area contributed by atoms with Crippen molar-refractivity contribution in [1.29, 1.82) is 0 Å². The predicted octanol–water partition coefficient (Wildman–Crippen LogP) is 2.94. The van der Waals surface area contributed by atoms with Gasteiger partial charge in [-0.2, -0.15) is 0 Å². The van der Waals surface area contributed by atoms with Crippen LogP contribution in [0.3, 0.4) is 0 Å². The summed E-state index contributed by atoms with van der Waals surface area (Å²) in [5.41, 5.74) is 7.50. The summed E-state index contributed by atoms with van der Waals surface area (Å²) >= 11 is 0. The molecule has 1 aromatic rings. The van der Waals surface area contributed by atoms with E-state index in [0.29, 0.717) is 24.4 Å². The highest BCUT2D eigenvalue weighted by Crippen LogP contribution is 2.22. The van der Waals surface area contributed by atoms with Crippen molar-refractivity contribution in [1.82, 2.24) is 0 Å². The minimum atomic E-state index is -0.271. The van der Waals surface area contributed by atoms with Gasteiger partial charge in [-0.3, -0.25) is 0 Å². The van der Waals surface area contributed by atoms with Crippen molar-refractivity contribution in [3.8, 4) is 0 Å². The molecule has 0 saturated carbocycles. The summed E-state index contributed by atoms with van der Waals surface area (Å²) in [4.78, 5) is 0. The summed E-state index contributed by atoms with van der Waals surface area (Å²) in [6.07, 6.45) is 2.22. The minimum absolute atomic E-state index is 0.271. The summed E-state index contributed by atoms with van der Waals surface area (Å²) in [6.45, 7) is 5.95. The van der Waals surface area contributed by atoms with E-state index in [2.05, 4.69) is 12.2 Å². The smallest absolute Gasteiger partial charge is 0.128 e. The number of ether oxygens (including phenoxy) is 1. The molecule has 0 aromatic heterocycles. The van der Waals surface area contributed by atoms with Gasteiger partial charge in [-0.1, -0.05) is 13.3 Å². The first-order valence-electron chi connectivity index (χ1n) is 6.02. The Morgan fingerprint density at radius 1 is 1.35 bits per heavy atom. The van der Waals surface area contributed by atoms with Crippen molar-refractivity contribution in [2.75, 3.05) is 30.8 Å². The topological polar surface area (TPSA) is 47.3 Å². The average molecular weight is 240 g/mol. The van der Waals surface area contributed by atoms with Gasteiger partial charge < -0.3 is 15.8 Å². The highest BCUT2D eigenvalue weighted by Gasteiger charge is 2.03. The molecule has 1 rings (SSSR count). The zero-order valence-corrected chi connectivity index (χ0v) is 10.6. The van der Waals surface area contributed by atoms with Gasteiger partial charge in [0, 0.05) is 13.2 Å². The number of aryl methyl sites for hydroxylation is 1. The number of unbranched alkanes of at least 4 members (excludes halogenated alkanes) is 1. The van der Waals surface area contributed by atoms with Crippen LogP contribution in [-0.2, 0) is 4.74 Å². The van der Waals surface area contributed by atoms with Crippen LogP contribution in [0.5, 0.6) is 0 Å². The van der Waals surface area contributed by atoms with Crippen LogP contribution in [0.1, 0.15) is 25.3 Å². The van der Waals surface area contributed by atoms with E-state index < -0.39 is 0 Å². The summed E-state index contributed by atoms with van der Waals surface area (Å²) < 4.78 is 18.6. The third kappa shape index (κ3) is 4.61. The predicted molar refractivity (Wildman–Crippen MR) is 69.8 cm³/mol. The molecule has 0 radical (unpaired) electrons. The van der Waals surface area contributed by atoms with Crippen LogP contribution in [0.2, 0.25) is 0 Å². The summed E-state index contributed by atoms with van der Waals surface area (Å²) in [5, 5.41) is 3.14. The largest absolute Gasteiger partial charge is 0.397 e. The van der Waals surface area contributed by atoms with Gasteiger partial charge in [0.1, 0.15) is 5.82 Å². The third-order valence-corrected chi connectivity index (χ3v) is 2.53. The highest BCUT2D eigenvalue weighted by atomic mass is 19.1. The van der Waals surface area contributed by atoms with Gasteiger partial charge in [0.25, 0.3) is 0 Å². The SMILES string of the molecule is CCCCOCCNc1cc(C)c(F)cc1N. The van der Waals surface area contributed by atoms with E-state index in [9.17, 15) is 4.39 Å². The number of anilines is 2. The zero-order chi connectivity index (χ0) is 12.7. The van der Waals surface area contributed by atoms with Crippen LogP contribution in [0.4, 0.5) is 15.8 Å². The maximum absolute atomic E-state index is 13.2. The van der Waals surface area contributed by atoms with Crippen molar-refractivity contribution in [2.24, 2.45) is 0 Å². The lowest BCUT2D eigenvalue weighted by Crippen LogP contribution is -2.11. The van der Waals surface area contributed by atoms with Gasteiger partial charge in [-0.05, 0) is 31.0 Å². The maximum atomic E-state index is 13.2. The molecule has 0 aliphatic heterocycles. The van der Waals surface area contributed by atoms with Gasteiger partial charge in [0.2, 0.25) is 0 Å². The molecule has 0 saturated heterocycles. The summed E-state index contributed by atoms with van der Waals surface area (Å²) in [5.74, 6) is -0.271. The zero-order valence-electron chi connectivity index (χ0n) is 10.6. The van der Waals surface area contributed by atoms with E-state index in [1.54, 1.807) is 13.0 Å². The Kier molecular flexibility index (Phi) is 5.77. The average Bonchev–Trinajstić information content (AvgIpc) is 2.30. The lowest BCUT2D eigenvalue weighted by atomic mass is 10.2. The number of rotatable bonds is 7. The van der Waals surface area contributed by atoms with Crippen molar-refractivity contribution < 1.29 is 9.13 Å². The Morgan fingerprint density at radius 2 is 2.12 bits per heavy atom. The molecule has 96 valence electrons. The van der Waals surface area contributed by atoms with Crippen molar-refractivity contribution in [2.45, 2.75) is 26.7 Å². The van der Waals surface area contributed by atoms with Gasteiger partial charge in [-0.25, -0.2) is 4.39 Å². The molecule has 0 bridgehead atoms. The third-order valence-electron chi connectivity index (χ3n) is 2.53. The number of hydrogen-bond donors (Lipinski definition) is 2. The van der Waals surface area contributed by atoms with Crippen LogP contribution in [-0.4, -0.2) is 19.8 Å². The molecule has 4 heteroatoms. The molecular formula is C13H21FN2O. The van der Waals surface area contributed by atoms with Gasteiger partial charge in [0.05, 0.1) is 18.0 Å². The molecule has 0 fully saturated rings. The first kappa shape index (κ1) is 13.8. The van der Waals surface area contributed by atoms with E-state index in [1.807, 2.05) is 0 Å². The Balaban J connectivity index is 2.34. The Bertz CT molecular complexity index is 356. The van der Waals surface area contributed by atoms with E-state index in [0.717, 1.165) is 25.1 Å².